The van der Waals surface area contributed by atoms with Crippen LogP contribution in [-0.4, -0.2) is 51.6 Å². The fourth-order valence-electron chi connectivity index (χ4n) is 5.96. The lowest BCUT2D eigenvalue weighted by atomic mass is 9.91. The summed E-state index contributed by atoms with van der Waals surface area (Å²) >= 11 is 0. The monoisotopic (exact) mass is 497 g/mol. The maximum atomic E-state index is 13.0. The highest BCUT2D eigenvalue weighted by atomic mass is 16.4. The molecule has 2 unspecified atom stereocenters. The molecule has 1 N–H and O–H groups in total. The van der Waals surface area contributed by atoms with Gasteiger partial charge >= 0.3 is 6.09 Å². The Morgan fingerprint density at radius 3 is 2.16 bits per heavy atom. The number of amides is 2. The fourth-order valence-corrected chi connectivity index (χ4v) is 5.96. The molecule has 3 aromatic rings. The van der Waals surface area contributed by atoms with E-state index in [4.69, 9.17) is 0 Å². The highest BCUT2D eigenvalue weighted by Gasteiger charge is 2.40. The van der Waals surface area contributed by atoms with Crippen molar-refractivity contribution in [2.24, 2.45) is 0 Å². The van der Waals surface area contributed by atoms with Gasteiger partial charge in [0.05, 0.1) is 6.42 Å². The van der Waals surface area contributed by atoms with Crippen LogP contribution in [0.15, 0.2) is 84.9 Å². The van der Waals surface area contributed by atoms with Crippen molar-refractivity contribution in [1.82, 2.24) is 9.80 Å². The van der Waals surface area contributed by atoms with Gasteiger partial charge in [-0.05, 0) is 48.9 Å². The van der Waals surface area contributed by atoms with Gasteiger partial charge in [-0.3, -0.25) is 9.69 Å². The van der Waals surface area contributed by atoms with Crippen molar-refractivity contribution in [2.75, 3.05) is 11.4 Å². The first-order valence-corrected chi connectivity index (χ1v) is 13.2. The molecule has 5 rings (SSSR count). The molecule has 0 saturated carbocycles. The summed E-state index contributed by atoms with van der Waals surface area (Å²) in [6.45, 7) is 4.22. The number of likely N-dealkylation sites (tertiary alicyclic amines) is 1. The van der Waals surface area contributed by atoms with Crippen LogP contribution in [0.3, 0.4) is 0 Å². The molecule has 2 aliphatic rings. The molecule has 0 spiro atoms. The van der Waals surface area contributed by atoms with E-state index in [2.05, 4.69) is 60.4 Å². The third-order valence-corrected chi connectivity index (χ3v) is 7.85. The van der Waals surface area contributed by atoms with Crippen LogP contribution in [0.1, 0.15) is 42.9 Å². The first-order valence-electron chi connectivity index (χ1n) is 13.2. The highest BCUT2D eigenvalue weighted by Crippen LogP contribution is 2.35. The van der Waals surface area contributed by atoms with E-state index >= 15 is 0 Å². The van der Waals surface area contributed by atoms with Gasteiger partial charge in [0.1, 0.15) is 0 Å². The number of anilines is 1. The summed E-state index contributed by atoms with van der Waals surface area (Å²) in [4.78, 5) is 31.2. The van der Waals surface area contributed by atoms with Gasteiger partial charge in [-0.1, -0.05) is 78.9 Å². The molecule has 6 nitrogen and oxygen atoms in total. The zero-order chi connectivity index (χ0) is 25.8. The minimum Gasteiger partial charge on any atom is -0.465 e. The Labute approximate surface area is 219 Å². The zero-order valence-corrected chi connectivity index (χ0v) is 21.4. The van der Waals surface area contributed by atoms with E-state index in [1.807, 2.05) is 41.3 Å². The summed E-state index contributed by atoms with van der Waals surface area (Å²) < 4.78 is 0. The van der Waals surface area contributed by atoms with Crippen molar-refractivity contribution in [3.8, 4) is 0 Å². The average molecular weight is 498 g/mol. The molecule has 2 aliphatic heterocycles. The Balaban J connectivity index is 1.35. The number of rotatable bonds is 8. The predicted molar refractivity (Wildman–Crippen MR) is 145 cm³/mol. The molecule has 6 heteroatoms. The molecular weight excluding hydrogens is 462 g/mol. The van der Waals surface area contributed by atoms with E-state index < -0.39 is 6.09 Å². The van der Waals surface area contributed by atoms with Crippen LogP contribution in [0.2, 0.25) is 0 Å². The van der Waals surface area contributed by atoms with E-state index in [1.54, 1.807) is 4.90 Å². The summed E-state index contributed by atoms with van der Waals surface area (Å²) in [5.41, 5.74) is 4.53. The molecule has 37 heavy (non-hydrogen) atoms. The Morgan fingerprint density at radius 1 is 0.946 bits per heavy atom. The first-order chi connectivity index (χ1) is 18.0. The second kappa shape index (κ2) is 11.2. The Bertz CT molecular complexity index is 1180. The van der Waals surface area contributed by atoms with E-state index in [-0.39, 0.29) is 24.0 Å². The molecule has 2 heterocycles. The lowest BCUT2D eigenvalue weighted by Crippen LogP contribution is -2.54. The largest absolute Gasteiger partial charge is 0.465 e. The molecule has 3 aromatic carbocycles. The number of carboxylic acid groups (broad SMARTS) is 1. The Morgan fingerprint density at radius 2 is 1.54 bits per heavy atom. The maximum absolute atomic E-state index is 13.0. The molecular formula is C31H35N3O3. The van der Waals surface area contributed by atoms with Crippen LogP contribution in [-0.2, 0) is 24.3 Å². The van der Waals surface area contributed by atoms with E-state index in [9.17, 15) is 14.7 Å². The molecule has 1 fully saturated rings. The predicted octanol–water partition coefficient (Wildman–Crippen LogP) is 5.57. The van der Waals surface area contributed by atoms with Crippen molar-refractivity contribution < 1.29 is 14.7 Å². The number of hydrogen-bond donors (Lipinski definition) is 1. The lowest BCUT2D eigenvalue weighted by Gasteiger charge is -2.43. The number of benzene rings is 3. The number of para-hydroxylation sites is 1. The van der Waals surface area contributed by atoms with E-state index in [1.165, 1.54) is 11.1 Å². The smallest absolute Gasteiger partial charge is 0.407 e. The molecule has 0 radical (unpaired) electrons. The average Bonchev–Trinajstić information content (AvgIpc) is 3.25. The van der Waals surface area contributed by atoms with Gasteiger partial charge in [0.15, 0.2) is 0 Å². The summed E-state index contributed by atoms with van der Waals surface area (Å²) in [5.74, 6) is 0.122. The molecule has 2 amide bonds. The van der Waals surface area contributed by atoms with Crippen LogP contribution in [0, 0.1) is 0 Å². The van der Waals surface area contributed by atoms with E-state index in [0.29, 0.717) is 32.2 Å². The number of fused-ring (bicyclic) bond motifs is 1. The summed E-state index contributed by atoms with van der Waals surface area (Å²) in [6.07, 6.45) is 1.59. The normalized spacial score (nSPS) is 20.2. The van der Waals surface area contributed by atoms with Gasteiger partial charge in [-0.2, -0.15) is 0 Å². The third-order valence-electron chi connectivity index (χ3n) is 7.85. The zero-order valence-electron chi connectivity index (χ0n) is 21.4. The standard InChI is InChI=1S/C31H35N3O3/c1-23(32(21-24-10-4-2-5-11-24)22-25-12-6-3-7-13-25)18-28-20-27(16-17-33(28)31(36)37)34-29-15-9-8-14-26(29)19-30(34)35/h2-15,23,27-28H,16-22H2,1H3,(H,36,37)/t23?,27?,28-/m0/s1. The lowest BCUT2D eigenvalue weighted by molar-refractivity contribution is -0.118. The minimum absolute atomic E-state index is 0.0145. The van der Waals surface area contributed by atoms with Gasteiger partial charge in [0, 0.05) is 43.4 Å². The molecule has 0 aliphatic carbocycles. The van der Waals surface area contributed by atoms with Crippen LogP contribution < -0.4 is 4.90 Å². The van der Waals surface area contributed by atoms with Gasteiger partial charge < -0.3 is 14.9 Å². The summed E-state index contributed by atoms with van der Waals surface area (Å²) in [6, 6.07) is 28.8. The second-order valence-electron chi connectivity index (χ2n) is 10.3. The summed E-state index contributed by atoms with van der Waals surface area (Å²) in [5, 5.41) is 10.0. The quantitative estimate of drug-likeness (QED) is 0.442. The Hall–Kier alpha value is -3.64. The van der Waals surface area contributed by atoms with Gasteiger partial charge in [0.25, 0.3) is 0 Å². The van der Waals surface area contributed by atoms with Crippen molar-refractivity contribution in [1.29, 1.82) is 0 Å². The van der Waals surface area contributed by atoms with Crippen molar-refractivity contribution in [3.05, 3.63) is 102 Å². The van der Waals surface area contributed by atoms with Crippen LogP contribution >= 0.6 is 0 Å². The highest BCUT2D eigenvalue weighted by molar-refractivity contribution is 6.01. The number of carbonyl (C=O) groups excluding carboxylic acids is 1. The fraction of sp³-hybridized carbons (Fsp3) is 0.355. The second-order valence-corrected chi connectivity index (χ2v) is 10.3. The summed E-state index contributed by atoms with van der Waals surface area (Å²) in [7, 11) is 0. The van der Waals surface area contributed by atoms with Crippen molar-refractivity contribution >= 4 is 17.7 Å². The van der Waals surface area contributed by atoms with Crippen molar-refractivity contribution in [2.45, 2.75) is 63.8 Å². The van der Waals surface area contributed by atoms with Gasteiger partial charge in [-0.15, -0.1) is 0 Å². The van der Waals surface area contributed by atoms with Crippen LogP contribution in [0.4, 0.5) is 10.5 Å². The van der Waals surface area contributed by atoms with Crippen LogP contribution in [0.25, 0.3) is 0 Å². The topological polar surface area (TPSA) is 64.1 Å². The number of carbonyl (C=O) groups is 2. The molecule has 0 bridgehead atoms. The third kappa shape index (κ3) is 5.70. The SMILES string of the molecule is CC(C[C@H]1CC(N2C(=O)Cc3ccccc32)CCN1C(=O)O)N(Cc1ccccc1)Cc1ccccc1. The minimum atomic E-state index is -0.874. The van der Waals surface area contributed by atoms with Crippen LogP contribution in [0.5, 0.6) is 0 Å². The number of nitrogens with zero attached hydrogens (tertiary/aromatic N) is 3. The van der Waals surface area contributed by atoms with Gasteiger partial charge in [-0.25, -0.2) is 4.79 Å². The molecule has 1 saturated heterocycles. The number of hydrogen-bond acceptors (Lipinski definition) is 3. The van der Waals surface area contributed by atoms with Gasteiger partial charge in [0.2, 0.25) is 5.91 Å². The van der Waals surface area contributed by atoms with E-state index in [0.717, 1.165) is 24.3 Å². The Kier molecular flexibility index (Phi) is 7.56. The maximum Gasteiger partial charge on any atom is 0.407 e. The molecule has 192 valence electrons. The molecule has 0 aromatic heterocycles. The first kappa shape index (κ1) is 25.0. The number of piperidine rings is 1. The molecule has 3 atom stereocenters. The van der Waals surface area contributed by atoms with Crippen molar-refractivity contribution in [3.63, 3.8) is 0 Å².